The molecule has 0 saturated heterocycles. The van der Waals surface area contributed by atoms with E-state index < -0.39 is 0 Å². The maximum atomic E-state index is 5.74. The number of oxazole rings is 1. The van der Waals surface area contributed by atoms with E-state index >= 15 is 0 Å². The predicted octanol–water partition coefficient (Wildman–Crippen LogP) is 4.07. The van der Waals surface area contributed by atoms with Gasteiger partial charge in [-0.3, -0.25) is 0 Å². The molecule has 1 aromatic heterocycles. The zero-order valence-corrected chi connectivity index (χ0v) is 11.9. The summed E-state index contributed by atoms with van der Waals surface area (Å²) in [5.74, 6) is 1.51. The molecule has 3 rings (SSSR count). The van der Waals surface area contributed by atoms with E-state index in [-0.39, 0.29) is 0 Å². The maximum absolute atomic E-state index is 5.74. The molecule has 2 aromatic carbocycles. The van der Waals surface area contributed by atoms with Crippen LogP contribution in [-0.4, -0.2) is 11.6 Å². The summed E-state index contributed by atoms with van der Waals surface area (Å²) in [6.07, 6.45) is 2.40. The highest BCUT2D eigenvalue weighted by Gasteiger charge is 2.06. The van der Waals surface area contributed by atoms with E-state index in [2.05, 4.69) is 11.1 Å². The Morgan fingerprint density at radius 1 is 1.19 bits per heavy atom. The van der Waals surface area contributed by atoms with Gasteiger partial charge in [0.25, 0.3) is 0 Å². The third kappa shape index (κ3) is 3.31. The molecule has 3 aromatic rings. The highest BCUT2D eigenvalue weighted by molar-refractivity contribution is 5.52. The van der Waals surface area contributed by atoms with Gasteiger partial charge in [0.1, 0.15) is 12.0 Å². The van der Waals surface area contributed by atoms with Crippen LogP contribution in [0.2, 0.25) is 0 Å². The number of benzene rings is 2. The van der Waals surface area contributed by atoms with Crippen LogP contribution in [-0.2, 0) is 6.42 Å². The smallest absolute Gasteiger partial charge is 0.226 e. The fourth-order valence-corrected chi connectivity index (χ4v) is 2.05. The second kappa shape index (κ2) is 6.27. The molecule has 0 bridgehead atoms. The van der Waals surface area contributed by atoms with Gasteiger partial charge in [-0.2, -0.15) is 0 Å². The SMILES string of the molecule is Cc1cc[c]cc1OCCc1coc(-c2ccccc2)n1. The number of rotatable bonds is 5. The quantitative estimate of drug-likeness (QED) is 0.705. The monoisotopic (exact) mass is 278 g/mol. The Kier molecular flexibility index (Phi) is 4.01. The van der Waals surface area contributed by atoms with E-state index in [1.165, 1.54) is 0 Å². The Morgan fingerprint density at radius 2 is 2.05 bits per heavy atom. The van der Waals surface area contributed by atoms with Crippen LogP contribution >= 0.6 is 0 Å². The lowest BCUT2D eigenvalue weighted by Gasteiger charge is -2.07. The Balaban J connectivity index is 1.60. The minimum absolute atomic E-state index is 0.569. The van der Waals surface area contributed by atoms with Crippen LogP contribution in [0.4, 0.5) is 0 Å². The summed E-state index contributed by atoms with van der Waals surface area (Å²) in [6.45, 7) is 2.59. The lowest BCUT2D eigenvalue weighted by Crippen LogP contribution is -2.02. The van der Waals surface area contributed by atoms with Crippen LogP contribution in [0.5, 0.6) is 5.75 Å². The number of aromatic nitrogens is 1. The van der Waals surface area contributed by atoms with Gasteiger partial charge in [-0.05, 0) is 36.8 Å². The maximum Gasteiger partial charge on any atom is 0.226 e. The molecular weight excluding hydrogens is 262 g/mol. The standard InChI is InChI=1S/C18H16NO2/c1-14-7-5-6-10-17(14)20-12-11-16-13-21-18(19-16)15-8-3-2-4-9-15/h2-5,7-10,13H,11-12H2,1H3. The van der Waals surface area contributed by atoms with E-state index in [1.807, 2.05) is 55.5 Å². The van der Waals surface area contributed by atoms with Crippen molar-refractivity contribution in [2.45, 2.75) is 13.3 Å². The number of nitrogens with zero attached hydrogens (tertiary/aromatic N) is 1. The van der Waals surface area contributed by atoms with Gasteiger partial charge in [-0.15, -0.1) is 0 Å². The molecule has 3 nitrogen and oxygen atoms in total. The van der Waals surface area contributed by atoms with Gasteiger partial charge in [0.15, 0.2) is 0 Å². The molecule has 21 heavy (non-hydrogen) atoms. The van der Waals surface area contributed by atoms with Crippen molar-refractivity contribution < 1.29 is 9.15 Å². The summed E-state index contributed by atoms with van der Waals surface area (Å²) >= 11 is 0. The van der Waals surface area contributed by atoms with Crippen LogP contribution in [0.25, 0.3) is 11.5 Å². The van der Waals surface area contributed by atoms with E-state index in [0.717, 1.165) is 22.6 Å². The summed E-state index contributed by atoms with van der Waals surface area (Å²) < 4.78 is 11.2. The second-order valence-electron chi connectivity index (χ2n) is 4.80. The number of hydrogen-bond acceptors (Lipinski definition) is 3. The molecule has 0 aliphatic carbocycles. The topological polar surface area (TPSA) is 35.3 Å². The highest BCUT2D eigenvalue weighted by atomic mass is 16.5. The fourth-order valence-electron chi connectivity index (χ4n) is 2.05. The lowest BCUT2D eigenvalue weighted by atomic mass is 10.2. The Labute approximate surface area is 124 Å². The van der Waals surface area contributed by atoms with Gasteiger partial charge in [-0.1, -0.05) is 30.3 Å². The molecule has 0 N–H and O–H groups in total. The lowest BCUT2D eigenvalue weighted by molar-refractivity contribution is 0.318. The molecule has 0 aliphatic rings. The first-order chi connectivity index (χ1) is 10.3. The number of ether oxygens (including phenoxy) is 1. The molecule has 0 fully saturated rings. The van der Waals surface area contributed by atoms with Crippen molar-refractivity contribution in [2.75, 3.05) is 6.61 Å². The van der Waals surface area contributed by atoms with Gasteiger partial charge >= 0.3 is 0 Å². The molecule has 0 spiro atoms. The predicted molar refractivity (Wildman–Crippen MR) is 81.2 cm³/mol. The molecule has 0 saturated carbocycles. The number of aryl methyl sites for hydroxylation is 1. The van der Waals surface area contributed by atoms with E-state index in [4.69, 9.17) is 9.15 Å². The summed E-state index contributed by atoms with van der Waals surface area (Å²) in [5, 5.41) is 0. The third-order valence-corrected chi connectivity index (χ3v) is 3.22. The Hall–Kier alpha value is -2.55. The zero-order chi connectivity index (χ0) is 14.5. The average molecular weight is 278 g/mol. The molecular formula is C18H16NO2. The summed E-state index contributed by atoms with van der Waals surface area (Å²) in [7, 11) is 0. The third-order valence-electron chi connectivity index (χ3n) is 3.22. The second-order valence-corrected chi connectivity index (χ2v) is 4.80. The van der Waals surface area contributed by atoms with Crippen LogP contribution in [0.3, 0.4) is 0 Å². The van der Waals surface area contributed by atoms with Crippen molar-refractivity contribution in [1.29, 1.82) is 0 Å². The van der Waals surface area contributed by atoms with Gasteiger partial charge in [0.2, 0.25) is 5.89 Å². The summed E-state index contributed by atoms with van der Waals surface area (Å²) in [5.41, 5.74) is 2.99. The first-order valence-electron chi connectivity index (χ1n) is 6.92. The summed E-state index contributed by atoms with van der Waals surface area (Å²) in [4.78, 5) is 4.48. The highest BCUT2D eigenvalue weighted by Crippen LogP contribution is 2.19. The van der Waals surface area contributed by atoms with Crippen LogP contribution < -0.4 is 4.74 Å². The van der Waals surface area contributed by atoms with Crippen molar-refractivity contribution in [3.63, 3.8) is 0 Å². The largest absolute Gasteiger partial charge is 0.493 e. The normalized spacial score (nSPS) is 10.5. The first-order valence-corrected chi connectivity index (χ1v) is 6.92. The minimum atomic E-state index is 0.569. The molecule has 0 unspecified atom stereocenters. The van der Waals surface area contributed by atoms with Crippen LogP contribution in [0, 0.1) is 13.0 Å². The van der Waals surface area contributed by atoms with E-state index in [1.54, 1.807) is 6.26 Å². The Morgan fingerprint density at radius 3 is 2.86 bits per heavy atom. The van der Waals surface area contributed by atoms with Crippen molar-refractivity contribution in [3.8, 4) is 17.2 Å². The number of hydrogen-bond donors (Lipinski definition) is 0. The average Bonchev–Trinajstić information content (AvgIpc) is 2.99. The van der Waals surface area contributed by atoms with Gasteiger partial charge in [0.05, 0.1) is 12.3 Å². The van der Waals surface area contributed by atoms with Crippen molar-refractivity contribution in [2.24, 2.45) is 0 Å². The van der Waals surface area contributed by atoms with Crippen LogP contribution in [0.15, 0.2) is 59.2 Å². The molecule has 3 heteroatoms. The van der Waals surface area contributed by atoms with Crippen LogP contribution in [0.1, 0.15) is 11.3 Å². The van der Waals surface area contributed by atoms with Gasteiger partial charge in [-0.25, -0.2) is 4.98 Å². The fraction of sp³-hybridized carbons (Fsp3) is 0.167. The zero-order valence-electron chi connectivity index (χ0n) is 11.9. The summed E-state index contributed by atoms with van der Waals surface area (Å²) in [6, 6.07) is 18.6. The van der Waals surface area contributed by atoms with Gasteiger partial charge < -0.3 is 9.15 Å². The van der Waals surface area contributed by atoms with Gasteiger partial charge in [0, 0.05) is 12.0 Å². The van der Waals surface area contributed by atoms with Crippen molar-refractivity contribution in [1.82, 2.24) is 4.98 Å². The minimum Gasteiger partial charge on any atom is -0.493 e. The van der Waals surface area contributed by atoms with E-state index in [9.17, 15) is 0 Å². The molecule has 0 atom stereocenters. The molecule has 105 valence electrons. The van der Waals surface area contributed by atoms with E-state index in [0.29, 0.717) is 18.9 Å². The first kappa shape index (κ1) is 13.4. The molecule has 0 aliphatic heterocycles. The molecule has 1 radical (unpaired) electrons. The van der Waals surface area contributed by atoms with Crippen molar-refractivity contribution in [3.05, 3.63) is 72.1 Å². The molecule has 1 heterocycles. The molecule has 0 amide bonds. The Bertz CT molecular complexity index is 704. The van der Waals surface area contributed by atoms with Crippen molar-refractivity contribution >= 4 is 0 Å².